The Morgan fingerprint density at radius 3 is 2.62 bits per heavy atom. The minimum atomic E-state index is -2.73. The topological polar surface area (TPSA) is 55.1 Å². The van der Waals surface area contributed by atoms with Crippen LogP contribution in [0.1, 0.15) is 36.7 Å². The number of benzene rings is 1. The first-order valence-corrected chi connectivity index (χ1v) is 7.62. The number of nitrogens with one attached hydrogen (secondary N) is 1. The minimum absolute atomic E-state index is 0.000584. The number of hydrogen-bond acceptors (Lipinski definition) is 4. The maximum atomic E-state index is 13.0. The van der Waals surface area contributed by atoms with Crippen molar-refractivity contribution < 1.29 is 8.78 Å². The molecule has 0 spiro atoms. The van der Waals surface area contributed by atoms with Gasteiger partial charge in [0.15, 0.2) is 5.65 Å². The van der Waals surface area contributed by atoms with E-state index < -0.39 is 12.2 Å². The molecule has 0 saturated heterocycles. The lowest BCUT2D eigenvalue weighted by Crippen LogP contribution is -2.13. The maximum absolute atomic E-state index is 13.0. The highest BCUT2D eigenvalue weighted by molar-refractivity contribution is 5.45. The second kappa shape index (κ2) is 7.16. The van der Waals surface area contributed by atoms with Gasteiger partial charge < -0.3 is 5.32 Å². The highest BCUT2D eigenvalue weighted by Crippen LogP contribution is 2.24. The molecule has 1 aromatic carbocycles. The summed E-state index contributed by atoms with van der Waals surface area (Å²) in [5, 5.41) is 14.7. The number of anilines is 1. The van der Waals surface area contributed by atoms with E-state index in [9.17, 15) is 8.78 Å². The lowest BCUT2D eigenvalue weighted by atomic mass is 10.0. The standard InChI is InChI=1S/C17H17F2N5/c1-2-3-9-13(12-7-5-4-6-8-12)20-14-10-11-15-21-22-17(16(18)19)24(15)23-14/h2,4-8,10-11,13,16H,1,3,9H2,(H,20,23). The van der Waals surface area contributed by atoms with Crippen LogP contribution in [0.4, 0.5) is 14.6 Å². The summed E-state index contributed by atoms with van der Waals surface area (Å²) in [7, 11) is 0. The third-order valence-electron chi connectivity index (χ3n) is 3.67. The van der Waals surface area contributed by atoms with Gasteiger partial charge in [-0.05, 0) is 30.5 Å². The third-order valence-corrected chi connectivity index (χ3v) is 3.67. The molecule has 1 atom stereocenters. The Kier molecular flexibility index (Phi) is 4.79. The Morgan fingerprint density at radius 1 is 1.12 bits per heavy atom. The van der Waals surface area contributed by atoms with Crippen LogP contribution in [0.2, 0.25) is 0 Å². The predicted octanol–water partition coefficient (Wildman–Crippen LogP) is 4.18. The number of alkyl halides is 2. The fraction of sp³-hybridized carbons (Fsp3) is 0.235. The average molecular weight is 329 g/mol. The molecule has 2 aromatic heterocycles. The minimum Gasteiger partial charge on any atom is -0.362 e. The van der Waals surface area contributed by atoms with Crippen LogP contribution in [-0.2, 0) is 0 Å². The van der Waals surface area contributed by atoms with Gasteiger partial charge in [-0.3, -0.25) is 0 Å². The van der Waals surface area contributed by atoms with E-state index in [1.165, 1.54) is 0 Å². The van der Waals surface area contributed by atoms with E-state index in [2.05, 4.69) is 27.2 Å². The average Bonchev–Trinajstić information content (AvgIpc) is 3.02. The van der Waals surface area contributed by atoms with Crippen LogP contribution in [0.5, 0.6) is 0 Å². The molecule has 7 heteroatoms. The Morgan fingerprint density at radius 2 is 1.92 bits per heavy atom. The van der Waals surface area contributed by atoms with Gasteiger partial charge in [0.25, 0.3) is 6.43 Å². The first kappa shape index (κ1) is 16.0. The first-order chi connectivity index (χ1) is 11.7. The van der Waals surface area contributed by atoms with Gasteiger partial charge in [-0.1, -0.05) is 36.4 Å². The highest BCUT2D eigenvalue weighted by Gasteiger charge is 2.18. The molecule has 3 aromatic rings. The fourth-order valence-electron chi connectivity index (χ4n) is 2.49. The van der Waals surface area contributed by atoms with Crippen molar-refractivity contribution >= 4 is 11.5 Å². The SMILES string of the molecule is C=CCCC(Nc1ccc2nnc(C(F)F)n2n1)c1ccccc1. The predicted molar refractivity (Wildman–Crippen MR) is 88.0 cm³/mol. The molecule has 0 saturated carbocycles. The fourth-order valence-corrected chi connectivity index (χ4v) is 2.49. The quantitative estimate of drug-likeness (QED) is 0.661. The zero-order chi connectivity index (χ0) is 16.9. The summed E-state index contributed by atoms with van der Waals surface area (Å²) in [5.41, 5.74) is 1.39. The van der Waals surface area contributed by atoms with E-state index in [-0.39, 0.29) is 6.04 Å². The molecule has 0 aliphatic heterocycles. The monoisotopic (exact) mass is 329 g/mol. The van der Waals surface area contributed by atoms with Gasteiger partial charge in [0.1, 0.15) is 5.82 Å². The van der Waals surface area contributed by atoms with Crippen LogP contribution in [0.15, 0.2) is 55.1 Å². The molecule has 0 aliphatic rings. The van der Waals surface area contributed by atoms with Crippen molar-refractivity contribution in [2.75, 3.05) is 5.32 Å². The Balaban J connectivity index is 1.90. The van der Waals surface area contributed by atoms with Gasteiger partial charge in [0.05, 0.1) is 6.04 Å². The molecule has 5 nitrogen and oxygen atoms in total. The van der Waals surface area contributed by atoms with Gasteiger partial charge in [0, 0.05) is 0 Å². The molecule has 0 aliphatic carbocycles. The maximum Gasteiger partial charge on any atom is 0.299 e. The van der Waals surface area contributed by atoms with Crippen molar-refractivity contribution in [1.82, 2.24) is 19.8 Å². The van der Waals surface area contributed by atoms with Gasteiger partial charge in [-0.2, -0.15) is 4.52 Å². The van der Waals surface area contributed by atoms with Crippen molar-refractivity contribution in [2.24, 2.45) is 0 Å². The zero-order valence-electron chi connectivity index (χ0n) is 12.9. The Bertz CT molecular complexity index is 816. The summed E-state index contributed by atoms with van der Waals surface area (Å²) in [6.07, 6.45) is 0.762. The van der Waals surface area contributed by atoms with Crippen LogP contribution in [-0.4, -0.2) is 19.8 Å². The number of nitrogens with zero attached hydrogens (tertiary/aromatic N) is 4. The summed E-state index contributed by atoms with van der Waals surface area (Å²) in [4.78, 5) is 0. The number of halogens is 2. The smallest absolute Gasteiger partial charge is 0.299 e. The number of allylic oxidation sites excluding steroid dienone is 1. The van der Waals surface area contributed by atoms with Crippen molar-refractivity contribution in [3.05, 3.63) is 66.5 Å². The largest absolute Gasteiger partial charge is 0.362 e. The summed E-state index contributed by atoms with van der Waals surface area (Å²) in [5.74, 6) is 0.0260. The van der Waals surface area contributed by atoms with Crippen molar-refractivity contribution in [3.63, 3.8) is 0 Å². The molecular weight excluding hydrogens is 312 g/mol. The molecule has 2 heterocycles. The highest BCUT2D eigenvalue weighted by atomic mass is 19.3. The van der Waals surface area contributed by atoms with Crippen LogP contribution in [0, 0.1) is 0 Å². The first-order valence-electron chi connectivity index (χ1n) is 7.62. The van der Waals surface area contributed by atoms with E-state index >= 15 is 0 Å². The Hall–Kier alpha value is -2.83. The van der Waals surface area contributed by atoms with Crippen LogP contribution in [0.25, 0.3) is 5.65 Å². The van der Waals surface area contributed by atoms with E-state index in [1.807, 2.05) is 36.4 Å². The van der Waals surface area contributed by atoms with E-state index in [4.69, 9.17) is 0 Å². The lowest BCUT2D eigenvalue weighted by molar-refractivity contribution is 0.137. The molecule has 3 rings (SSSR count). The van der Waals surface area contributed by atoms with E-state index in [0.29, 0.717) is 11.5 Å². The van der Waals surface area contributed by atoms with Crippen molar-refractivity contribution in [3.8, 4) is 0 Å². The number of rotatable bonds is 7. The van der Waals surface area contributed by atoms with Crippen molar-refractivity contribution in [1.29, 1.82) is 0 Å². The van der Waals surface area contributed by atoms with Crippen molar-refractivity contribution in [2.45, 2.75) is 25.3 Å². The molecule has 1 N–H and O–H groups in total. The van der Waals surface area contributed by atoms with Gasteiger partial charge in [-0.25, -0.2) is 8.78 Å². The third kappa shape index (κ3) is 3.40. The van der Waals surface area contributed by atoms with Crippen LogP contribution >= 0.6 is 0 Å². The molecule has 0 amide bonds. The molecular formula is C17H17F2N5. The molecule has 0 radical (unpaired) electrons. The van der Waals surface area contributed by atoms with Gasteiger partial charge in [-0.15, -0.1) is 21.9 Å². The molecule has 0 fully saturated rings. The van der Waals surface area contributed by atoms with Crippen LogP contribution in [0.3, 0.4) is 0 Å². The molecule has 24 heavy (non-hydrogen) atoms. The normalized spacial score (nSPS) is 12.5. The lowest BCUT2D eigenvalue weighted by Gasteiger charge is -2.19. The second-order valence-electron chi connectivity index (χ2n) is 5.32. The number of hydrogen-bond donors (Lipinski definition) is 1. The number of fused-ring (bicyclic) bond motifs is 1. The van der Waals surface area contributed by atoms with Gasteiger partial charge >= 0.3 is 0 Å². The zero-order valence-corrected chi connectivity index (χ0v) is 12.9. The van der Waals surface area contributed by atoms with E-state index in [1.54, 1.807) is 12.1 Å². The Labute approximate surface area is 138 Å². The summed E-state index contributed by atoms with van der Waals surface area (Å²) < 4.78 is 27.0. The summed E-state index contributed by atoms with van der Waals surface area (Å²) >= 11 is 0. The molecule has 124 valence electrons. The molecule has 1 unspecified atom stereocenters. The van der Waals surface area contributed by atoms with Crippen LogP contribution < -0.4 is 5.32 Å². The number of aromatic nitrogens is 4. The summed E-state index contributed by atoms with van der Waals surface area (Å²) in [6, 6.07) is 13.2. The molecule has 0 bridgehead atoms. The van der Waals surface area contributed by atoms with E-state index in [0.717, 1.165) is 22.9 Å². The van der Waals surface area contributed by atoms with Gasteiger partial charge in [0.2, 0.25) is 5.82 Å². The second-order valence-corrected chi connectivity index (χ2v) is 5.32. The summed E-state index contributed by atoms with van der Waals surface area (Å²) in [6.45, 7) is 3.75.